The van der Waals surface area contributed by atoms with Crippen LogP contribution in [0.3, 0.4) is 0 Å². The molecular weight excluding hydrogens is 340 g/mol. The summed E-state index contributed by atoms with van der Waals surface area (Å²) in [7, 11) is 0. The van der Waals surface area contributed by atoms with Crippen LogP contribution in [0.4, 0.5) is 8.78 Å². The monoisotopic (exact) mass is 357 g/mol. The van der Waals surface area contributed by atoms with Crippen molar-refractivity contribution in [1.29, 1.82) is 0 Å². The number of nitrogens with zero attached hydrogens (tertiary/aromatic N) is 1. The van der Waals surface area contributed by atoms with E-state index in [1.54, 1.807) is 4.90 Å². The fraction of sp³-hybridized carbons (Fsp3) is 0.500. The Bertz CT molecular complexity index is 671. The fourth-order valence-electron chi connectivity index (χ4n) is 3.29. The van der Waals surface area contributed by atoms with Crippen molar-refractivity contribution < 1.29 is 28.2 Å². The van der Waals surface area contributed by atoms with Crippen molar-refractivity contribution in [3.8, 4) is 0 Å². The fourth-order valence-corrected chi connectivity index (χ4v) is 4.12. The van der Waals surface area contributed by atoms with E-state index in [0.717, 1.165) is 23.9 Å². The summed E-state index contributed by atoms with van der Waals surface area (Å²) in [5, 5.41) is 9.59. The highest BCUT2D eigenvalue weighted by Crippen LogP contribution is 2.42. The van der Waals surface area contributed by atoms with Crippen LogP contribution in [0, 0.1) is 23.0 Å². The Labute approximate surface area is 142 Å². The molecule has 2 fully saturated rings. The highest BCUT2D eigenvalue weighted by Gasteiger charge is 2.54. The number of aliphatic carboxylic acids is 1. The molecule has 0 aromatic heterocycles. The van der Waals surface area contributed by atoms with Crippen LogP contribution in [0.2, 0.25) is 0 Å². The average molecular weight is 357 g/mol. The van der Waals surface area contributed by atoms with Crippen LogP contribution < -0.4 is 0 Å². The van der Waals surface area contributed by atoms with E-state index in [1.165, 1.54) is 6.07 Å². The number of benzene rings is 1. The Morgan fingerprint density at radius 2 is 2.17 bits per heavy atom. The number of carboxylic acid groups (broad SMARTS) is 1. The number of hydrogen-bond acceptors (Lipinski definition) is 4. The van der Waals surface area contributed by atoms with Crippen molar-refractivity contribution in [3.05, 3.63) is 29.8 Å². The zero-order valence-corrected chi connectivity index (χ0v) is 13.7. The van der Waals surface area contributed by atoms with Gasteiger partial charge in [0.1, 0.15) is 0 Å². The minimum absolute atomic E-state index is 0.0499. The Kier molecular flexibility index (Phi) is 4.78. The summed E-state index contributed by atoms with van der Waals surface area (Å²) in [4.78, 5) is 26.1. The van der Waals surface area contributed by atoms with Crippen molar-refractivity contribution in [2.24, 2.45) is 11.3 Å². The number of ether oxygens (including phenoxy) is 1. The van der Waals surface area contributed by atoms with Gasteiger partial charge in [-0.25, -0.2) is 8.78 Å². The first-order valence-electron chi connectivity index (χ1n) is 7.59. The third kappa shape index (κ3) is 3.12. The maximum absolute atomic E-state index is 13.2. The molecule has 130 valence electrons. The molecule has 5 nitrogen and oxygen atoms in total. The molecule has 24 heavy (non-hydrogen) atoms. The van der Waals surface area contributed by atoms with Crippen LogP contribution in [-0.4, -0.2) is 53.9 Å². The second kappa shape index (κ2) is 6.68. The van der Waals surface area contributed by atoms with Gasteiger partial charge in [0.05, 0.1) is 17.8 Å². The lowest BCUT2D eigenvalue weighted by atomic mass is 9.74. The summed E-state index contributed by atoms with van der Waals surface area (Å²) in [6.45, 7) is 1.25. The van der Waals surface area contributed by atoms with E-state index in [2.05, 4.69) is 0 Å². The van der Waals surface area contributed by atoms with Crippen molar-refractivity contribution in [2.45, 2.75) is 11.3 Å². The lowest BCUT2D eigenvalue weighted by Gasteiger charge is -2.33. The maximum atomic E-state index is 13.2. The van der Waals surface area contributed by atoms with E-state index >= 15 is 0 Å². The molecule has 0 spiro atoms. The van der Waals surface area contributed by atoms with Gasteiger partial charge < -0.3 is 14.7 Å². The molecule has 2 aliphatic rings. The van der Waals surface area contributed by atoms with Gasteiger partial charge >= 0.3 is 5.97 Å². The van der Waals surface area contributed by atoms with Crippen LogP contribution in [0.5, 0.6) is 0 Å². The number of amides is 1. The lowest BCUT2D eigenvalue weighted by molar-refractivity contribution is -0.157. The molecule has 2 saturated heterocycles. The predicted molar refractivity (Wildman–Crippen MR) is 82.7 cm³/mol. The lowest BCUT2D eigenvalue weighted by Crippen LogP contribution is -2.45. The number of hydrogen-bond donors (Lipinski definition) is 1. The topological polar surface area (TPSA) is 66.8 Å². The number of carbonyl (C=O) groups is 2. The Morgan fingerprint density at radius 1 is 1.38 bits per heavy atom. The molecule has 1 aromatic rings. The van der Waals surface area contributed by atoms with E-state index < -0.39 is 23.0 Å². The molecule has 2 atom stereocenters. The molecule has 1 N–H and O–H groups in total. The molecule has 0 saturated carbocycles. The number of halogens is 2. The van der Waals surface area contributed by atoms with Gasteiger partial charge in [-0.1, -0.05) is 0 Å². The van der Waals surface area contributed by atoms with Gasteiger partial charge in [-0.3, -0.25) is 9.59 Å². The van der Waals surface area contributed by atoms with Crippen LogP contribution in [0.15, 0.2) is 23.1 Å². The molecule has 0 radical (unpaired) electrons. The molecule has 0 bridgehead atoms. The minimum Gasteiger partial charge on any atom is -0.481 e. The maximum Gasteiger partial charge on any atom is 0.311 e. The number of fused-ring (bicyclic) bond motifs is 1. The number of thioether (sulfide) groups is 1. The minimum atomic E-state index is -0.957. The standard InChI is InChI=1S/C16H17F2NO4S/c17-12-2-1-11(5-13(12)18)24-8-14(20)19-6-10-7-23-4-3-16(10,9-19)15(21)22/h1-2,5,10H,3-4,6-9H2,(H,21,22)/t10-,16+/m0/s1. The van der Waals surface area contributed by atoms with Crippen LogP contribution >= 0.6 is 11.8 Å². The van der Waals surface area contributed by atoms with E-state index in [1.807, 2.05) is 0 Å². The van der Waals surface area contributed by atoms with Crippen molar-refractivity contribution in [1.82, 2.24) is 4.90 Å². The number of rotatable bonds is 4. The second-order valence-electron chi connectivity index (χ2n) is 6.12. The van der Waals surface area contributed by atoms with Crippen LogP contribution in [0.1, 0.15) is 6.42 Å². The molecular formula is C16H17F2NO4S. The van der Waals surface area contributed by atoms with E-state index in [4.69, 9.17) is 4.74 Å². The first-order valence-corrected chi connectivity index (χ1v) is 8.58. The van der Waals surface area contributed by atoms with Gasteiger partial charge in [-0.05, 0) is 24.6 Å². The summed E-state index contributed by atoms with van der Waals surface area (Å²) < 4.78 is 31.4. The van der Waals surface area contributed by atoms with Gasteiger partial charge in [0.25, 0.3) is 0 Å². The summed E-state index contributed by atoms with van der Waals surface area (Å²) >= 11 is 1.10. The quantitative estimate of drug-likeness (QED) is 0.835. The third-order valence-corrected chi connectivity index (χ3v) is 5.72. The molecule has 2 heterocycles. The molecule has 1 aromatic carbocycles. The average Bonchev–Trinajstić information content (AvgIpc) is 2.97. The summed E-state index contributed by atoms with van der Waals surface area (Å²) in [6.07, 6.45) is 0.396. The molecule has 1 amide bonds. The summed E-state index contributed by atoms with van der Waals surface area (Å²) in [5.74, 6) is -3.15. The van der Waals surface area contributed by atoms with Crippen molar-refractivity contribution in [2.75, 3.05) is 32.1 Å². The highest BCUT2D eigenvalue weighted by atomic mass is 32.2. The van der Waals surface area contributed by atoms with E-state index in [0.29, 0.717) is 31.1 Å². The van der Waals surface area contributed by atoms with E-state index in [9.17, 15) is 23.5 Å². The molecule has 8 heteroatoms. The number of carboxylic acids is 1. The van der Waals surface area contributed by atoms with Crippen LogP contribution in [0.25, 0.3) is 0 Å². The zero-order valence-electron chi connectivity index (χ0n) is 12.8. The highest BCUT2D eigenvalue weighted by molar-refractivity contribution is 8.00. The predicted octanol–water partition coefficient (Wildman–Crippen LogP) is 2.01. The first-order chi connectivity index (χ1) is 11.4. The van der Waals surface area contributed by atoms with E-state index in [-0.39, 0.29) is 24.1 Å². The van der Waals surface area contributed by atoms with Gasteiger partial charge in [0.2, 0.25) is 5.91 Å². The largest absolute Gasteiger partial charge is 0.481 e. The zero-order chi connectivity index (χ0) is 17.3. The number of carbonyl (C=O) groups excluding carboxylic acids is 1. The molecule has 0 unspecified atom stereocenters. The Balaban J connectivity index is 1.63. The smallest absolute Gasteiger partial charge is 0.311 e. The summed E-state index contributed by atoms with van der Waals surface area (Å²) in [6, 6.07) is 3.47. The van der Waals surface area contributed by atoms with Gasteiger partial charge in [-0.2, -0.15) is 0 Å². The third-order valence-electron chi connectivity index (χ3n) is 4.74. The summed E-state index contributed by atoms with van der Waals surface area (Å²) in [5.41, 5.74) is -0.930. The molecule has 0 aliphatic carbocycles. The first kappa shape index (κ1) is 17.2. The molecule has 3 rings (SSSR count). The Hall–Kier alpha value is -1.67. The van der Waals surface area contributed by atoms with Gasteiger partial charge in [0, 0.05) is 30.5 Å². The molecule has 2 aliphatic heterocycles. The van der Waals surface area contributed by atoms with Gasteiger partial charge in [-0.15, -0.1) is 11.8 Å². The second-order valence-corrected chi connectivity index (χ2v) is 7.17. The van der Waals surface area contributed by atoms with Crippen molar-refractivity contribution >= 4 is 23.6 Å². The normalized spacial score (nSPS) is 26.2. The van der Waals surface area contributed by atoms with Gasteiger partial charge in [0.15, 0.2) is 11.6 Å². The van der Waals surface area contributed by atoms with Crippen LogP contribution in [-0.2, 0) is 14.3 Å². The Morgan fingerprint density at radius 3 is 2.83 bits per heavy atom. The number of likely N-dealkylation sites (tertiary alicyclic amines) is 1. The SMILES string of the molecule is O=C(CSc1ccc(F)c(F)c1)N1C[C@H]2COCC[C@@]2(C(=O)O)C1. The van der Waals surface area contributed by atoms with Crippen molar-refractivity contribution in [3.63, 3.8) is 0 Å².